The second-order valence-electron chi connectivity index (χ2n) is 6.61. The Morgan fingerprint density at radius 2 is 2.07 bits per heavy atom. The molecule has 0 aromatic heterocycles. The molecule has 1 aromatic rings. The van der Waals surface area contributed by atoms with Crippen LogP contribution in [0.4, 0.5) is 0 Å². The molecule has 2 heterocycles. The third kappa shape index (κ3) is 4.31. The number of hydrogen-bond donors (Lipinski definition) is 1. The maximum absolute atomic E-state index is 12.9. The predicted octanol–water partition coefficient (Wildman–Crippen LogP) is 0.336. The van der Waals surface area contributed by atoms with Crippen molar-refractivity contribution < 1.29 is 32.3 Å². The summed E-state index contributed by atoms with van der Waals surface area (Å²) in [4.78, 5) is 37.5. The molecule has 0 radical (unpaired) electrons. The molecule has 2 amide bonds. The molecule has 0 bridgehead atoms. The monoisotopic (exact) mass is 534 g/mol. The van der Waals surface area contributed by atoms with E-state index in [1.54, 1.807) is 0 Å². The van der Waals surface area contributed by atoms with Crippen molar-refractivity contribution in [1.29, 1.82) is 0 Å². The Morgan fingerprint density at radius 1 is 1.34 bits per heavy atom. The summed E-state index contributed by atoms with van der Waals surface area (Å²) in [6, 6.07) is 7.48. The van der Waals surface area contributed by atoms with Crippen molar-refractivity contribution in [1.82, 2.24) is 10.2 Å². The lowest BCUT2D eigenvalue weighted by molar-refractivity contribution is -0.160. The van der Waals surface area contributed by atoms with Crippen LogP contribution < -0.4 is 5.32 Å². The van der Waals surface area contributed by atoms with Crippen LogP contribution in [0.2, 0.25) is 0 Å². The van der Waals surface area contributed by atoms with Gasteiger partial charge in [-0.25, -0.2) is 8.42 Å². The van der Waals surface area contributed by atoms with Gasteiger partial charge in [0.05, 0.1) is 5.75 Å². The minimum atomic E-state index is -3.80. The molecule has 29 heavy (non-hydrogen) atoms. The number of ether oxygens (including phenoxy) is 2. The fourth-order valence-electron chi connectivity index (χ4n) is 3.29. The Labute approximate surface area is 181 Å². The molecule has 2 aliphatic heterocycles. The van der Waals surface area contributed by atoms with Crippen molar-refractivity contribution in [3.8, 4) is 0 Å². The summed E-state index contributed by atoms with van der Waals surface area (Å²) in [5.74, 6) is -2.37. The van der Waals surface area contributed by atoms with Crippen LogP contribution in [0.3, 0.4) is 0 Å². The van der Waals surface area contributed by atoms with Gasteiger partial charge in [-0.15, -0.1) is 0 Å². The summed E-state index contributed by atoms with van der Waals surface area (Å²) in [5, 5.41) is 1.44. The number of halogens is 1. The van der Waals surface area contributed by atoms with Gasteiger partial charge in [-0.05, 0) is 40.3 Å². The topological polar surface area (TPSA) is 119 Å². The molecule has 0 saturated carbocycles. The van der Waals surface area contributed by atoms with Gasteiger partial charge in [0.25, 0.3) is 11.8 Å². The number of methoxy groups -OCH3 is 1. The van der Waals surface area contributed by atoms with Crippen molar-refractivity contribution in [3.05, 3.63) is 44.7 Å². The van der Waals surface area contributed by atoms with Crippen LogP contribution in [0.15, 0.2) is 35.5 Å². The summed E-state index contributed by atoms with van der Waals surface area (Å²) in [7, 11) is -2.56. The molecule has 2 aliphatic rings. The van der Waals surface area contributed by atoms with E-state index in [4.69, 9.17) is 9.47 Å². The Morgan fingerprint density at radius 3 is 2.69 bits per heavy atom. The van der Waals surface area contributed by atoms with Crippen LogP contribution in [-0.2, 0) is 40.2 Å². The fourth-order valence-corrected chi connectivity index (χ4v) is 5.91. The number of rotatable bonds is 6. The molecule has 3 rings (SSSR count). The third-order valence-electron chi connectivity index (χ3n) is 4.57. The Balaban J connectivity index is 1.91. The number of carbonyl (C=O) groups is 3. The lowest BCUT2D eigenvalue weighted by Crippen LogP contribution is -2.71. The highest BCUT2D eigenvalue weighted by molar-refractivity contribution is 14.1. The van der Waals surface area contributed by atoms with Gasteiger partial charge in [0.1, 0.15) is 12.3 Å². The van der Waals surface area contributed by atoms with Crippen LogP contribution in [0.5, 0.6) is 0 Å². The second kappa shape index (κ2) is 8.40. The number of nitrogens with zero attached hydrogens (tertiary/aromatic N) is 1. The van der Waals surface area contributed by atoms with Crippen molar-refractivity contribution in [2.24, 2.45) is 0 Å². The van der Waals surface area contributed by atoms with E-state index in [-0.39, 0.29) is 17.8 Å². The lowest BCUT2D eigenvalue weighted by atomic mass is 10.0. The Bertz CT molecular complexity index is 1010. The average Bonchev–Trinajstić information content (AvgIpc) is 2.64. The number of esters is 1. The molecule has 1 saturated heterocycles. The molecule has 11 heteroatoms. The van der Waals surface area contributed by atoms with Crippen LogP contribution >= 0.6 is 22.6 Å². The normalized spacial score (nSPS) is 22.6. The van der Waals surface area contributed by atoms with Crippen molar-refractivity contribution >= 4 is 50.2 Å². The quantitative estimate of drug-likeness (QED) is 0.318. The molecule has 2 atom stereocenters. The lowest BCUT2D eigenvalue weighted by Gasteiger charge is -2.48. The molecule has 1 fully saturated rings. The Kier molecular flexibility index (Phi) is 6.29. The highest BCUT2D eigenvalue weighted by atomic mass is 127. The Hall–Kier alpha value is -1.99. The van der Waals surface area contributed by atoms with E-state index in [1.165, 1.54) is 14.0 Å². The molecule has 0 spiro atoms. The summed E-state index contributed by atoms with van der Waals surface area (Å²) in [5.41, 5.74) is 0.798. The SMILES string of the molecule is CO[C@H]1C(=O)N2C(C(=O)NCc3cccc(I)c3)=C(COC(C)=O)CS(=O)(=O)[C@@H]12. The zero-order valence-electron chi connectivity index (χ0n) is 15.7. The smallest absolute Gasteiger partial charge is 0.302 e. The van der Waals surface area contributed by atoms with Gasteiger partial charge in [0, 0.05) is 29.7 Å². The molecule has 9 nitrogen and oxygen atoms in total. The van der Waals surface area contributed by atoms with Crippen molar-refractivity contribution in [2.45, 2.75) is 24.9 Å². The minimum Gasteiger partial charge on any atom is -0.461 e. The molecule has 1 N–H and O–H groups in total. The summed E-state index contributed by atoms with van der Waals surface area (Å²) in [6.45, 7) is 0.967. The maximum Gasteiger partial charge on any atom is 0.302 e. The number of fused-ring (bicyclic) bond motifs is 1. The van der Waals surface area contributed by atoms with Gasteiger partial charge in [0.15, 0.2) is 21.3 Å². The zero-order chi connectivity index (χ0) is 21.3. The minimum absolute atomic E-state index is 0.0551. The highest BCUT2D eigenvalue weighted by Gasteiger charge is 2.60. The summed E-state index contributed by atoms with van der Waals surface area (Å²) < 4.78 is 36.1. The van der Waals surface area contributed by atoms with Crippen molar-refractivity contribution in [2.75, 3.05) is 19.5 Å². The first-order valence-corrected chi connectivity index (χ1v) is 11.4. The number of carbonyl (C=O) groups excluding carboxylic acids is 3. The van der Waals surface area contributed by atoms with Crippen molar-refractivity contribution in [3.63, 3.8) is 0 Å². The molecule has 156 valence electrons. The van der Waals surface area contributed by atoms with E-state index in [0.717, 1.165) is 14.0 Å². The number of amides is 2. The largest absolute Gasteiger partial charge is 0.461 e. The number of sulfone groups is 1. The van der Waals surface area contributed by atoms with Gasteiger partial charge in [-0.1, -0.05) is 12.1 Å². The summed E-state index contributed by atoms with van der Waals surface area (Å²) in [6.07, 6.45) is -1.16. The van der Waals surface area contributed by atoms with E-state index < -0.39 is 51.5 Å². The van der Waals surface area contributed by atoms with Crippen LogP contribution in [0.1, 0.15) is 12.5 Å². The first-order chi connectivity index (χ1) is 13.7. The first-order valence-electron chi connectivity index (χ1n) is 8.61. The average molecular weight is 534 g/mol. The van der Waals surface area contributed by atoms with Crippen LogP contribution in [0, 0.1) is 3.57 Å². The third-order valence-corrected chi connectivity index (χ3v) is 7.19. The van der Waals surface area contributed by atoms with E-state index in [2.05, 4.69) is 27.9 Å². The van der Waals surface area contributed by atoms with E-state index in [9.17, 15) is 22.8 Å². The second-order valence-corrected chi connectivity index (χ2v) is 9.95. The predicted molar refractivity (Wildman–Crippen MR) is 110 cm³/mol. The summed E-state index contributed by atoms with van der Waals surface area (Å²) >= 11 is 2.15. The van der Waals surface area contributed by atoms with Crippen LogP contribution in [0.25, 0.3) is 0 Å². The number of β-lactam (4-membered cyclic amide) rings is 1. The fraction of sp³-hybridized carbons (Fsp3) is 0.389. The number of benzene rings is 1. The first kappa shape index (κ1) is 21.7. The van der Waals surface area contributed by atoms with Crippen LogP contribution in [-0.4, -0.2) is 62.0 Å². The number of hydrogen-bond acceptors (Lipinski definition) is 7. The highest BCUT2D eigenvalue weighted by Crippen LogP contribution is 2.38. The maximum atomic E-state index is 12.9. The van der Waals surface area contributed by atoms with E-state index in [0.29, 0.717) is 0 Å². The van der Waals surface area contributed by atoms with Gasteiger partial charge in [-0.2, -0.15) is 0 Å². The number of nitrogens with one attached hydrogen (secondary N) is 1. The van der Waals surface area contributed by atoms with Gasteiger partial charge < -0.3 is 14.8 Å². The van der Waals surface area contributed by atoms with Gasteiger partial charge in [-0.3, -0.25) is 19.3 Å². The molecular weight excluding hydrogens is 515 g/mol. The molecular formula is C18H19IN2O7S. The molecule has 0 unspecified atom stereocenters. The van der Waals surface area contributed by atoms with Gasteiger partial charge >= 0.3 is 5.97 Å². The van der Waals surface area contributed by atoms with E-state index >= 15 is 0 Å². The molecule has 0 aliphatic carbocycles. The van der Waals surface area contributed by atoms with E-state index in [1.807, 2.05) is 24.3 Å². The molecule has 1 aromatic carbocycles. The standard InChI is InChI=1S/C18H19IN2O7S/c1-10(22)28-8-12-9-29(25,26)18-15(27-2)17(24)21(18)14(12)16(23)20-7-11-4-3-5-13(19)6-11/h3-6,15,18H,7-9H2,1-2H3,(H,20,23)/t15-,18-/m0/s1. The van der Waals surface area contributed by atoms with Gasteiger partial charge in [0.2, 0.25) is 0 Å². The zero-order valence-corrected chi connectivity index (χ0v) is 18.7.